The minimum Gasteiger partial charge on any atom is -0.497 e. The van der Waals surface area contributed by atoms with Gasteiger partial charge in [0, 0.05) is 19.7 Å². The highest BCUT2D eigenvalue weighted by Gasteiger charge is 2.27. The Labute approximate surface area is 143 Å². The van der Waals surface area contributed by atoms with Crippen molar-refractivity contribution in [2.45, 2.75) is 31.6 Å². The zero-order chi connectivity index (χ0) is 15.8. The number of carbonyl (C=O) groups is 1. The maximum Gasteiger partial charge on any atom is 0.237 e. The van der Waals surface area contributed by atoms with Gasteiger partial charge in [-0.05, 0) is 30.5 Å². The standard InChI is InChI=1S/C16H24N2O4.ClH/c1-21-14-5-3-12(4-6-14)11-22-8-2-7-17-16(20)15-9-13(19)10-18-15;/h3-6,13,15,18-19H,2,7-11H2,1H3,(H,17,20);1H. The summed E-state index contributed by atoms with van der Waals surface area (Å²) in [6, 6.07) is 7.48. The molecule has 1 aliphatic rings. The van der Waals surface area contributed by atoms with Crippen molar-refractivity contribution in [1.82, 2.24) is 10.6 Å². The van der Waals surface area contributed by atoms with Crippen LogP contribution in [0.4, 0.5) is 0 Å². The summed E-state index contributed by atoms with van der Waals surface area (Å²) in [4.78, 5) is 11.8. The third kappa shape index (κ3) is 6.74. The van der Waals surface area contributed by atoms with Crippen molar-refractivity contribution < 1.29 is 19.4 Å². The van der Waals surface area contributed by atoms with Gasteiger partial charge in [0.1, 0.15) is 5.75 Å². The number of rotatable bonds is 8. The first-order chi connectivity index (χ1) is 10.7. The zero-order valence-corrected chi connectivity index (χ0v) is 14.1. The number of nitrogens with one attached hydrogen (secondary N) is 2. The molecule has 7 heteroatoms. The first-order valence-corrected chi connectivity index (χ1v) is 7.59. The molecule has 23 heavy (non-hydrogen) atoms. The van der Waals surface area contributed by atoms with E-state index in [9.17, 15) is 9.90 Å². The van der Waals surface area contributed by atoms with Crippen LogP contribution < -0.4 is 15.4 Å². The van der Waals surface area contributed by atoms with Crippen molar-refractivity contribution >= 4 is 18.3 Å². The van der Waals surface area contributed by atoms with E-state index in [4.69, 9.17) is 9.47 Å². The van der Waals surface area contributed by atoms with Crippen LogP contribution in [0.3, 0.4) is 0 Å². The third-order valence-corrected chi connectivity index (χ3v) is 3.62. The van der Waals surface area contributed by atoms with Crippen molar-refractivity contribution in [1.29, 1.82) is 0 Å². The number of β-amino-alcohol motifs (C(OH)–C–C–N with tert-alkyl or cyclic N) is 1. The van der Waals surface area contributed by atoms with E-state index in [0.717, 1.165) is 17.7 Å². The van der Waals surface area contributed by atoms with Crippen LogP contribution in [-0.2, 0) is 16.1 Å². The molecule has 1 aromatic rings. The molecule has 1 amide bonds. The number of benzene rings is 1. The fourth-order valence-electron chi connectivity index (χ4n) is 2.34. The predicted octanol–water partition coefficient (Wildman–Crippen LogP) is 0.863. The zero-order valence-electron chi connectivity index (χ0n) is 13.3. The van der Waals surface area contributed by atoms with Crippen LogP contribution in [0.1, 0.15) is 18.4 Å². The van der Waals surface area contributed by atoms with Gasteiger partial charge in [-0.25, -0.2) is 0 Å². The van der Waals surface area contributed by atoms with Crippen LogP contribution in [0, 0.1) is 0 Å². The summed E-state index contributed by atoms with van der Waals surface area (Å²) in [5, 5.41) is 15.2. The molecular formula is C16H25ClN2O4. The van der Waals surface area contributed by atoms with Gasteiger partial charge in [0.2, 0.25) is 5.91 Å². The highest BCUT2D eigenvalue weighted by molar-refractivity contribution is 5.85. The molecule has 1 heterocycles. The Morgan fingerprint density at radius 3 is 2.74 bits per heavy atom. The monoisotopic (exact) mass is 344 g/mol. The second-order valence-corrected chi connectivity index (χ2v) is 5.40. The maximum absolute atomic E-state index is 11.8. The summed E-state index contributed by atoms with van der Waals surface area (Å²) in [5.74, 6) is 0.781. The van der Waals surface area contributed by atoms with E-state index < -0.39 is 6.10 Å². The molecule has 2 atom stereocenters. The Kier molecular flexibility index (Phi) is 8.94. The molecule has 2 rings (SSSR count). The first-order valence-electron chi connectivity index (χ1n) is 7.59. The fraction of sp³-hybridized carbons (Fsp3) is 0.562. The van der Waals surface area contributed by atoms with Crippen molar-refractivity contribution in [3.63, 3.8) is 0 Å². The van der Waals surface area contributed by atoms with Crippen molar-refractivity contribution in [3.05, 3.63) is 29.8 Å². The molecule has 1 saturated heterocycles. The number of hydrogen-bond acceptors (Lipinski definition) is 5. The summed E-state index contributed by atoms with van der Waals surface area (Å²) in [5.41, 5.74) is 1.09. The number of aliphatic hydroxyl groups excluding tert-OH is 1. The van der Waals surface area contributed by atoms with E-state index >= 15 is 0 Å². The lowest BCUT2D eigenvalue weighted by Gasteiger charge is -2.11. The molecule has 2 unspecified atom stereocenters. The fourth-order valence-corrected chi connectivity index (χ4v) is 2.34. The highest BCUT2D eigenvalue weighted by atomic mass is 35.5. The number of carbonyl (C=O) groups excluding carboxylic acids is 1. The Bertz CT molecular complexity index is 470. The van der Waals surface area contributed by atoms with Crippen LogP contribution >= 0.6 is 12.4 Å². The molecule has 0 aliphatic carbocycles. The molecule has 6 nitrogen and oxygen atoms in total. The van der Waals surface area contributed by atoms with E-state index in [1.807, 2.05) is 24.3 Å². The van der Waals surface area contributed by atoms with Crippen molar-refractivity contribution in [2.24, 2.45) is 0 Å². The molecule has 1 aliphatic heterocycles. The largest absolute Gasteiger partial charge is 0.497 e. The third-order valence-electron chi connectivity index (χ3n) is 3.62. The van der Waals surface area contributed by atoms with E-state index in [-0.39, 0.29) is 24.4 Å². The average molecular weight is 345 g/mol. The van der Waals surface area contributed by atoms with Gasteiger partial charge < -0.3 is 25.2 Å². The van der Waals surface area contributed by atoms with Crippen molar-refractivity contribution in [2.75, 3.05) is 26.8 Å². The van der Waals surface area contributed by atoms with E-state index in [1.165, 1.54) is 0 Å². The second kappa shape index (κ2) is 10.4. The van der Waals surface area contributed by atoms with Crippen LogP contribution in [-0.4, -0.2) is 50.0 Å². The lowest BCUT2D eigenvalue weighted by atomic mass is 10.2. The SMILES string of the molecule is COc1ccc(COCCCNC(=O)C2CC(O)CN2)cc1.Cl. The minimum atomic E-state index is -0.413. The van der Waals surface area contributed by atoms with Crippen molar-refractivity contribution in [3.8, 4) is 5.75 Å². The predicted molar refractivity (Wildman–Crippen MR) is 89.9 cm³/mol. The number of amides is 1. The number of methoxy groups -OCH3 is 1. The van der Waals surface area contributed by atoms with E-state index in [1.54, 1.807) is 7.11 Å². The molecule has 0 saturated carbocycles. The lowest BCUT2D eigenvalue weighted by molar-refractivity contribution is -0.122. The normalized spacial score (nSPS) is 19.9. The van der Waals surface area contributed by atoms with Crippen LogP contribution in [0.15, 0.2) is 24.3 Å². The smallest absolute Gasteiger partial charge is 0.237 e. The van der Waals surface area contributed by atoms with Gasteiger partial charge in [-0.3, -0.25) is 4.79 Å². The molecule has 0 spiro atoms. The summed E-state index contributed by atoms with van der Waals surface area (Å²) < 4.78 is 10.7. The van der Waals surface area contributed by atoms with Gasteiger partial charge in [0.25, 0.3) is 0 Å². The quantitative estimate of drug-likeness (QED) is 0.610. The highest BCUT2D eigenvalue weighted by Crippen LogP contribution is 2.12. The molecule has 3 N–H and O–H groups in total. The number of ether oxygens (including phenoxy) is 2. The maximum atomic E-state index is 11.8. The van der Waals surface area contributed by atoms with Crippen LogP contribution in [0.25, 0.3) is 0 Å². The van der Waals surface area contributed by atoms with Gasteiger partial charge in [0.15, 0.2) is 0 Å². The molecular weight excluding hydrogens is 320 g/mol. The molecule has 130 valence electrons. The topological polar surface area (TPSA) is 79.8 Å². The summed E-state index contributed by atoms with van der Waals surface area (Å²) >= 11 is 0. The molecule has 0 bridgehead atoms. The van der Waals surface area contributed by atoms with E-state index in [2.05, 4.69) is 10.6 Å². The summed E-state index contributed by atoms with van der Waals surface area (Å²) in [7, 11) is 1.64. The minimum absolute atomic E-state index is 0. The molecule has 0 aromatic heterocycles. The Morgan fingerprint density at radius 2 is 2.13 bits per heavy atom. The van der Waals surface area contributed by atoms with Gasteiger partial charge in [-0.15, -0.1) is 12.4 Å². The Morgan fingerprint density at radius 1 is 1.39 bits per heavy atom. The Balaban J connectivity index is 0.00000264. The van der Waals surface area contributed by atoms with Crippen LogP contribution in [0.2, 0.25) is 0 Å². The first kappa shape index (κ1) is 19.7. The van der Waals surface area contributed by atoms with Gasteiger partial charge in [-0.2, -0.15) is 0 Å². The van der Waals surface area contributed by atoms with Gasteiger partial charge >= 0.3 is 0 Å². The summed E-state index contributed by atoms with van der Waals surface area (Å²) in [6.07, 6.45) is 0.834. The van der Waals surface area contributed by atoms with E-state index in [0.29, 0.717) is 32.7 Å². The lowest BCUT2D eigenvalue weighted by Crippen LogP contribution is -2.40. The molecule has 0 radical (unpaired) electrons. The molecule has 1 aromatic carbocycles. The second-order valence-electron chi connectivity index (χ2n) is 5.40. The molecule has 1 fully saturated rings. The van der Waals surface area contributed by atoms with Gasteiger partial charge in [0.05, 0.1) is 25.9 Å². The van der Waals surface area contributed by atoms with Gasteiger partial charge in [-0.1, -0.05) is 12.1 Å². The number of hydrogen-bond donors (Lipinski definition) is 3. The number of aliphatic hydroxyl groups is 1. The summed E-state index contributed by atoms with van der Waals surface area (Å²) in [6.45, 7) is 2.21. The average Bonchev–Trinajstić information content (AvgIpc) is 2.97. The van der Waals surface area contributed by atoms with Crippen LogP contribution in [0.5, 0.6) is 5.75 Å². The number of halogens is 1. The Hall–Kier alpha value is -1.34.